The lowest BCUT2D eigenvalue weighted by Gasteiger charge is -2.22. The van der Waals surface area contributed by atoms with Crippen LogP contribution in [0.5, 0.6) is 0 Å². The molecule has 0 saturated heterocycles. The standard InChI is InChI=1S/C29H35N7O2.CH4/c1-6-20-17-30-29(32-27(20)23-18-35-12-8-10-21-9-7-11-22(23)28(21)35)31-24-16-26(36(37)38)25(15-19(24)2)34(5)14-13-33(3)4;/h7,9,11,15-18H,6,8,10,12-14H2,1-5H3,(H,30,31,32);1H4. The number of nitrogens with one attached hydrogen (secondary N) is 1. The Hall–Kier alpha value is -3.98. The fraction of sp³-hybridized carbons (Fsp3) is 0.400. The zero-order valence-electron chi connectivity index (χ0n) is 22.8. The van der Waals surface area contributed by atoms with Gasteiger partial charge >= 0.3 is 0 Å². The number of para-hydroxylation sites is 1. The molecule has 3 heterocycles. The summed E-state index contributed by atoms with van der Waals surface area (Å²) in [5.41, 5.74) is 7.91. The van der Waals surface area contributed by atoms with Crippen LogP contribution in [0.1, 0.15) is 37.5 Å². The molecule has 0 aliphatic carbocycles. The van der Waals surface area contributed by atoms with Crippen LogP contribution in [0.25, 0.3) is 22.2 Å². The number of aryl methyl sites for hydroxylation is 4. The van der Waals surface area contributed by atoms with Crippen LogP contribution in [0, 0.1) is 17.0 Å². The number of hydrogen-bond acceptors (Lipinski definition) is 7. The van der Waals surface area contributed by atoms with Gasteiger partial charge in [-0.15, -0.1) is 0 Å². The second-order valence-electron chi connectivity index (χ2n) is 10.3. The molecule has 9 heteroatoms. The summed E-state index contributed by atoms with van der Waals surface area (Å²) in [6.07, 6.45) is 7.12. The van der Waals surface area contributed by atoms with Crippen molar-refractivity contribution in [2.24, 2.45) is 0 Å². The maximum Gasteiger partial charge on any atom is 0.294 e. The lowest BCUT2D eigenvalue weighted by atomic mass is 10.0. The highest BCUT2D eigenvalue weighted by Crippen LogP contribution is 2.37. The van der Waals surface area contributed by atoms with Crippen molar-refractivity contribution >= 4 is 33.9 Å². The van der Waals surface area contributed by atoms with Crippen LogP contribution in [0.3, 0.4) is 0 Å². The van der Waals surface area contributed by atoms with Gasteiger partial charge in [0.1, 0.15) is 5.69 Å². The third-order valence-corrected chi connectivity index (χ3v) is 7.39. The third-order valence-electron chi connectivity index (χ3n) is 7.39. The largest absolute Gasteiger partial charge is 0.368 e. The summed E-state index contributed by atoms with van der Waals surface area (Å²) >= 11 is 0. The van der Waals surface area contributed by atoms with Gasteiger partial charge < -0.3 is 19.7 Å². The number of aromatic nitrogens is 3. The molecule has 0 spiro atoms. The molecule has 1 N–H and O–H groups in total. The van der Waals surface area contributed by atoms with E-state index in [2.05, 4.69) is 51.1 Å². The Bertz CT molecular complexity index is 1510. The molecule has 0 fully saturated rings. The molecule has 0 amide bonds. The predicted molar refractivity (Wildman–Crippen MR) is 160 cm³/mol. The Morgan fingerprint density at radius 3 is 2.69 bits per heavy atom. The van der Waals surface area contributed by atoms with Gasteiger partial charge in [-0.05, 0) is 63.0 Å². The van der Waals surface area contributed by atoms with E-state index in [1.54, 1.807) is 6.07 Å². The number of likely N-dealkylation sites (N-methyl/N-ethyl adjacent to an activating group) is 2. The highest BCUT2D eigenvalue weighted by Gasteiger charge is 2.22. The van der Waals surface area contributed by atoms with E-state index in [9.17, 15) is 10.1 Å². The summed E-state index contributed by atoms with van der Waals surface area (Å²) in [6.45, 7) is 6.53. The lowest BCUT2D eigenvalue weighted by molar-refractivity contribution is -0.384. The number of rotatable bonds is 9. The maximum atomic E-state index is 12.0. The molecule has 0 atom stereocenters. The minimum absolute atomic E-state index is 0. The second-order valence-corrected chi connectivity index (χ2v) is 10.3. The average Bonchev–Trinajstić information content (AvgIpc) is 3.28. The van der Waals surface area contributed by atoms with Crippen molar-refractivity contribution < 1.29 is 4.92 Å². The Morgan fingerprint density at radius 2 is 1.97 bits per heavy atom. The Morgan fingerprint density at radius 1 is 1.18 bits per heavy atom. The normalized spacial score (nSPS) is 12.5. The van der Waals surface area contributed by atoms with Gasteiger partial charge in [-0.2, -0.15) is 0 Å². The van der Waals surface area contributed by atoms with Gasteiger partial charge in [0.05, 0.1) is 21.8 Å². The summed E-state index contributed by atoms with van der Waals surface area (Å²) in [7, 11) is 5.86. The molecule has 2 aromatic heterocycles. The number of nitro groups is 1. The number of nitrogens with zero attached hydrogens (tertiary/aromatic N) is 6. The van der Waals surface area contributed by atoms with Gasteiger partial charge in [0.2, 0.25) is 5.95 Å². The third kappa shape index (κ3) is 5.45. The zero-order valence-corrected chi connectivity index (χ0v) is 22.8. The molecule has 206 valence electrons. The van der Waals surface area contributed by atoms with Crippen molar-refractivity contribution in [3.63, 3.8) is 0 Å². The van der Waals surface area contributed by atoms with Gasteiger partial charge in [0.25, 0.3) is 5.69 Å². The molecule has 9 nitrogen and oxygen atoms in total. The molecule has 1 aliphatic heterocycles. The van der Waals surface area contributed by atoms with Crippen molar-refractivity contribution in [1.29, 1.82) is 0 Å². The SMILES string of the molecule is C.CCc1cnc(Nc2cc([N+](=O)[O-])c(N(C)CCN(C)C)cc2C)nc1-c1cn2c3c(cccc13)CCC2. The van der Waals surface area contributed by atoms with Crippen LogP contribution in [0.4, 0.5) is 23.0 Å². The van der Waals surface area contributed by atoms with E-state index < -0.39 is 0 Å². The summed E-state index contributed by atoms with van der Waals surface area (Å²) in [6, 6.07) is 9.97. The quantitative estimate of drug-likeness (QED) is 0.204. The molecular formula is C30H39N7O2. The molecule has 0 radical (unpaired) electrons. The molecule has 5 rings (SSSR count). The minimum atomic E-state index is -0.327. The summed E-state index contributed by atoms with van der Waals surface area (Å²) in [4.78, 5) is 25.2. The molecule has 4 aromatic rings. The van der Waals surface area contributed by atoms with Crippen molar-refractivity contribution in [1.82, 2.24) is 19.4 Å². The van der Waals surface area contributed by atoms with Gasteiger partial charge in [-0.3, -0.25) is 10.1 Å². The Labute approximate surface area is 230 Å². The number of anilines is 3. The van der Waals surface area contributed by atoms with Crippen molar-refractivity contribution in [3.05, 3.63) is 69.5 Å². The highest BCUT2D eigenvalue weighted by molar-refractivity contribution is 5.98. The second kappa shape index (κ2) is 11.4. The van der Waals surface area contributed by atoms with Gasteiger partial charge in [-0.25, -0.2) is 9.97 Å². The van der Waals surface area contributed by atoms with E-state index >= 15 is 0 Å². The molecule has 0 saturated carbocycles. The van der Waals surface area contributed by atoms with E-state index in [0.29, 0.717) is 23.9 Å². The highest BCUT2D eigenvalue weighted by atomic mass is 16.6. The fourth-order valence-corrected chi connectivity index (χ4v) is 5.26. The summed E-state index contributed by atoms with van der Waals surface area (Å²) in [5, 5.41) is 16.5. The molecule has 39 heavy (non-hydrogen) atoms. The van der Waals surface area contributed by atoms with E-state index in [-0.39, 0.29) is 18.0 Å². The van der Waals surface area contributed by atoms with E-state index in [4.69, 9.17) is 4.98 Å². The number of hydrogen-bond donors (Lipinski definition) is 1. The smallest absolute Gasteiger partial charge is 0.294 e. The first-order chi connectivity index (χ1) is 18.3. The van der Waals surface area contributed by atoms with Gasteiger partial charge in [0, 0.05) is 56.1 Å². The maximum absolute atomic E-state index is 12.0. The van der Waals surface area contributed by atoms with Crippen LogP contribution in [-0.4, -0.2) is 58.6 Å². The topological polar surface area (TPSA) is 92.4 Å². The van der Waals surface area contributed by atoms with Gasteiger partial charge in [-0.1, -0.05) is 32.5 Å². The first-order valence-corrected chi connectivity index (χ1v) is 13.2. The zero-order chi connectivity index (χ0) is 27.0. The van der Waals surface area contributed by atoms with Crippen LogP contribution < -0.4 is 10.2 Å². The predicted octanol–water partition coefficient (Wildman–Crippen LogP) is 6.20. The van der Waals surface area contributed by atoms with E-state index in [1.807, 2.05) is 45.2 Å². The lowest BCUT2D eigenvalue weighted by Crippen LogP contribution is -2.29. The summed E-state index contributed by atoms with van der Waals surface area (Å²) < 4.78 is 2.34. The van der Waals surface area contributed by atoms with Crippen LogP contribution in [-0.2, 0) is 19.4 Å². The number of benzene rings is 2. The first kappa shape index (κ1) is 28.0. The molecule has 0 bridgehead atoms. The first-order valence-electron chi connectivity index (χ1n) is 13.2. The van der Waals surface area contributed by atoms with E-state index in [1.165, 1.54) is 16.5 Å². The van der Waals surface area contributed by atoms with Crippen LogP contribution in [0.2, 0.25) is 0 Å². The minimum Gasteiger partial charge on any atom is -0.368 e. The Kier molecular flexibility index (Phi) is 8.20. The average molecular weight is 530 g/mol. The van der Waals surface area contributed by atoms with Crippen molar-refractivity contribution in [2.45, 2.75) is 47.1 Å². The van der Waals surface area contributed by atoms with Crippen LogP contribution in [0.15, 0.2) is 42.7 Å². The number of nitro benzene ring substituents is 1. The molecule has 2 aromatic carbocycles. The van der Waals surface area contributed by atoms with E-state index in [0.717, 1.165) is 54.7 Å². The fourth-order valence-electron chi connectivity index (χ4n) is 5.26. The van der Waals surface area contributed by atoms with Crippen molar-refractivity contribution in [2.75, 3.05) is 44.4 Å². The molecule has 1 aliphatic rings. The van der Waals surface area contributed by atoms with Crippen molar-refractivity contribution in [3.8, 4) is 11.3 Å². The van der Waals surface area contributed by atoms with Gasteiger partial charge in [0.15, 0.2) is 0 Å². The summed E-state index contributed by atoms with van der Waals surface area (Å²) in [5.74, 6) is 0.426. The monoisotopic (exact) mass is 529 g/mol. The molecular weight excluding hydrogens is 490 g/mol. The Balaban J connectivity index is 0.00000353. The molecule has 0 unspecified atom stereocenters. The van der Waals surface area contributed by atoms with Crippen LogP contribution >= 0.6 is 0 Å².